The molecule has 0 radical (unpaired) electrons. The Bertz CT molecular complexity index is 256. The zero-order valence-electron chi connectivity index (χ0n) is 7.45. The minimum Gasteiger partial charge on any atom is -0.300 e. The Kier molecular flexibility index (Phi) is 2.97. The van der Waals surface area contributed by atoms with Crippen LogP contribution in [0.4, 0.5) is 0 Å². The SMILES string of the molecule is CC(=O)[C@H](C)Cc1cccnc1. The molecule has 0 saturated carbocycles. The highest BCUT2D eigenvalue weighted by Gasteiger charge is 2.07. The van der Waals surface area contributed by atoms with Crippen LogP contribution in [0.15, 0.2) is 24.5 Å². The molecule has 0 unspecified atom stereocenters. The number of aromatic nitrogens is 1. The van der Waals surface area contributed by atoms with Gasteiger partial charge in [0.1, 0.15) is 5.78 Å². The second kappa shape index (κ2) is 4.00. The average molecular weight is 163 g/mol. The van der Waals surface area contributed by atoms with Gasteiger partial charge in [0.2, 0.25) is 0 Å². The first kappa shape index (κ1) is 8.91. The number of carbonyl (C=O) groups is 1. The molecule has 12 heavy (non-hydrogen) atoms. The third-order valence-corrected chi connectivity index (χ3v) is 1.96. The van der Waals surface area contributed by atoms with Gasteiger partial charge in [0, 0.05) is 18.3 Å². The fourth-order valence-corrected chi connectivity index (χ4v) is 1.02. The smallest absolute Gasteiger partial charge is 0.132 e. The maximum absolute atomic E-state index is 10.9. The lowest BCUT2D eigenvalue weighted by atomic mass is 9.99. The third kappa shape index (κ3) is 2.46. The van der Waals surface area contributed by atoms with Gasteiger partial charge in [-0.2, -0.15) is 0 Å². The Morgan fingerprint density at radius 1 is 1.67 bits per heavy atom. The van der Waals surface area contributed by atoms with Crippen LogP contribution < -0.4 is 0 Å². The lowest BCUT2D eigenvalue weighted by molar-refractivity contribution is -0.120. The van der Waals surface area contributed by atoms with E-state index in [1.165, 1.54) is 0 Å². The van der Waals surface area contributed by atoms with Crippen LogP contribution in [-0.2, 0) is 11.2 Å². The summed E-state index contributed by atoms with van der Waals surface area (Å²) in [5.74, 6) is 0.341. The van der Waals surface area contributed by atoms with Crippen molar-refractivity contribution in [1.29, 1.82) is 0 Å². The molecule has 0 aliphatic rings. The van der Waals surface area contributed by atoms with Crippen molar-refractivity contribution in [3.05, 3.63) is 30.1 Å². The van der Waals surface area contributed by atoms with E-state index >= 15 is 0 Å². The van der Waals surface area contributed by atoms with Crippen molar-refractivity contribution in [3.63, 3.8) is 0 Å². The molecule has 0 fully saturated rings. The van der Waals surface area contributed by atoms with E-state index in [1.54, 1.807) is 19.3 Å². The zero-order chi connectivity index (χ0) is 8.97. The van der Waals surface area contributed by atoms with E-state index in [1.807, 2.05) is 19.1 Å². The number of hydrogen-bond donors (Lipinski definition) is 0. The molecule has 2 heteroatoms. The van der Waals surface area contributed by atoms with Gasteiger partial charge in [0.15, 0.2) is 0 Å². The summed E-state index contributed by atoms with van der Waals surface area (Å²) in [6, 6.07) is 3.88. The monoisotopic (exact) mass is 163 g/mol. The fourth-order valence-electron chi connectivity index (χ4n) is 1.02. The van der Waals surface area contributed by atoms with Crippen LogP contribution in [0.5, 0.6) is 0 Å². The quantitative estimate of drug-likeness (QED) is 0.680. The molecule has 0 N–H and O–H groups in total. The number of ketones is 1. The van der Waals surface area contributed by atoms with Crippen LogP contribution >= 0.6 is 0 Å². The number of nitrogens with zero attached hydrogens (tertiary/aromatic N) is 1. The van der Waals surface area contributed by atoms with Crippen molar-refractivity contribution in [2.45, 2.75) is 20.3 Å². The number of hydrogen-bond acceptors (Lipinski definition) is 2. The highest BCUT2D eigenvalue weighted by atomic mass is 16.1. The Balaban J connectivity index is 2.58. The number of carbonyl (C=O) groups excluding carboxylic acids is 1. The maximum Gasteiger partial charge on any atom is 0.132 e. The Morgan fingerprint density at radius 3 is 2.92 bits per heavy atom. The van der Waals surface area contributed by atoms with Crippen LogP contribution in [-0.4, -0.2) is 10.8 Å². The molecule has 1 rings (SSSR count). The van der Waals surface area contributed by atoms with Crippen LogP contribution in [0, 0.1) is 5.92 Å². The van der Waals surface area contributed by atoms with Crippen LogP contribution in [0.1, 0.15) is 19.4 Å². The highest BCUT2D eigenvalue weighted by molar-refractivity contribution is 5.78. The Labute approximate surface area is 72.6 Å². The van der Waals surface area contributed by atoms with Gasteiger partial charge in [-0.05, 0) is 25.0 Å². The summed E-state index contributed by atoms with van der Waals surface area (Å²) in [6.45, 7) is 3.57. The molecule has 2 nitrogen and oxygen atoms in total. The summed E-state index contributed by atoms with van der Waals surface area (Å²) in [4.78, 5) is 14.9. The van der Waals surface area contributed by atoms with E-state index in [4.69, 9.17) is 0 Å². The van der Waals surface area contributed by atoms with Crippen molar-refractivity contribution in [1.82, 2.24) is 4.98 Å². The second-order valence-electron chi connectivity index (χ2n) is 3.08. The first-order valence-electron chi connectivity index (χ1n) is 4.09. The first-order chi connectivity index (χ1) is 5.70. The minimum absolute atomic E-state index is 0.106. The predicted octanol–water partition coefficient (Wildman–Crippen LogP) is 1.85. The largest absolute Gasteiger partial charge is 0.300 e. The molecule has 1 atom stereocenters. The molecule has 0 aliphatic heterocycles. The number of rotatable bonds is 3. The zero-order valence-corrected chi connectivity index (χ0v) is 7.45. The maximum atomic E-state index is 10.9. The molecule has 0 amide bonds. The van der Waals surface area contributed by atoms with Crippen LogP contribution in [0.25, 0.3) is 0 Å². The van der Waals surface area contributed by atoms with Crippen molar-refractivity contribution in [2.24, 2.45) is 5.92 Å². The van der Waals surface area contributed by atoms with Gasteiger partial charge in [0.05, 0.1) is 0 Å². The average Bonchev–Trinajstić information content (AvgIpc) is 2.06. The van der Waals surface area contributed by atoms with Gasteiger partial charge >= 0.3 is 0 Å². The molecule has 0 aromatic carbocycles. The molecule has 1 aromatic heterocycles. The molecule has 0 saturated heterocycles. The molecular weight excluding hydrogens is 150 g/mol. The summed E-state index contributed by atoms with van der Waals surface area (Å²) < 4.78 is 0. The predicted molar refractivity (Wildman–Crippen MR) is 47.8 cm³/mol. The lowest BCUT2D eigenvalue weighted by Crippen LogP contribution is -2.09. The summed E-state index contributed by atoms with van der Waals surface area (Å²) >= 11 is 0. The van der Waals surface area contributed by atoms with Gasteiger partial charge in [-0.1, -0.05) is 13.0 Å². The standard InChI is InChI=1S/C10H13NO/c1-8(9(2)12)6-10-4-3-5-11-7-10/h3-5,7-8H,6H2,1-2H3/t8-/m1/s1. The highest BCUT2D eigenvalue weighted by Crippen LogP contribution is 2.07. The summed E-state index contributed by atoms with van der Waals surface area (Å²) in [6.07, 6.45) is 4.34. The van der Waals surface area contributed by atoms with Crippen molar-refractivity contribution in [2.75, 3.05) is 0 Å². The lowest BCUT2D eigenvalue weighted by Gasteiger charge is -2.05. The summed E-state index contributed by atoms with van der Waals surface area (Å²) in [7, 11) is 0. The molecule has 1 aromatic rings. The van der Waals surface area contributed by atoms with Crippen molar-refractivity contribution in [3.8, 4) is 0 Å². The molecular formula is C10H13NO. The fraction of sp³-hybridized carbons (Fsp3) is 0.400. The van der Waals surface area contributed by atoms with E-state index in [0.29, 0.717) is 0 Å². The van der Waals surface area contributed by atoms with Gasteiger partial charge in [-0.3, -0.25) is 9.78 Å². The number of pyridine rings is 1. The molecule has 0 bridgehead atoms. The molecule has 1 heterocycles. The first-order valence-corrected chi connectivity index (χ1v) is 4.09. The van der Waals surface area contributed by atoms with E-state index in [9.17, 15) is 4.79 Å². The van der Waals surface area contributed by atoms with Gasteiger partial charge in [-0.15, -0.1) is 0 Å². The van der Waals surface area contributed by atoms with Crippen molar-refractivity contribution >= 4 is 5.78 Å². The third-order valence-electron chi connectivity index (χ3n) is 1.96. The Hall–Kier alpha value is -1.18. The van der Waals surface area contributed by atoms with Gasteiger partial charge < -0.3 is 0 Å². The van der Waals surface area contributed by atoms with E-state index in [2.05, 4.69) is 4.98 Å². The van der Waals surface area contributed by atoms with Gasteiger partial charge in [0.25, 0.3) is 0 Å². The topological polar surface area (TPSA) is 30.0 Å². The van der Waals surface area contributed by atoms with E-state index in [0.717, 1.165) is 12.0 Å². The van der Waals surface area contributed by atoms with Crippen LogP contribution in [0.3, 0.4) is 0 Å². The second-order valence-corrected chi connectivity index (χ2v) is 3.08. The molecule has 0 aliphatic carbocycles. The van der Waals surface area contributed by atoms with E-state index < -0.39 is 0 Å². The van der Waals surface area contributed by atoms with Gasteiger partial charge in [-0.25, -0.2) is 0 Å². The van der Waals surface area contributed by atoms with Crippen LogP contribution in [0.2, 0.25) is 0 Å². The molecule has 64 valence electrons. The summed E-state index contributed by atoms with van der Waals surface area (Å²) in [5, 5.41) is 0. The summed E-state index contributed by atoms with van der Waals surface area (Å²) in [5.41, 5.74) is 1.13. The number of Topliss-reactive ketones (excluding diaryl/α,β-unsaturated/α-hetero) is 1. The Morgan fingerprint density at radius 2 is 2.42 bits per heavy atom. The molecule has 0 spiro atoms. The normalized spacial score (nSPS) is 12.5. The minimum atomic E-state index is 0.106. The van der Waals surface area contributed by atoms with Crippen molar-refractivity contribution < 1.29 is 4.79 Å². The van der Waals surface area contributed by atoms with E-state index in [-0.39, 0.29) is 11.7 Å².